The van der Waals surface area contributed by atoms with Crippen LogP contribution in [-0.2, 0) is 12.3 Å². The van der Waals surface area contributed by atoms with Gasteiger partial charge in [-0.25, -0.2) is 4.68 Å². The number of hydrogen-bond donors (Lipinski definition) is 1. The fourth-order valence-electron chi connectivity index (χ4n) is 3.26. The van der Waals surface area contributed by atoms with E-state index in [0.29, 0.717) is 35.1 Å². The van der Waals surface area contributed by atoms with Crippen LogP contribution in [0.25, 0.3) is 11.0 Å². The van der Waals surface area contributed by atoms with Crippen molar-refractivity contribution < 1.29 is 9.21 Å². The second kappa shape index (κ2) is 9.29. The second-order valence-corrected chi connectivity index (χ2v) is 8.39. The Labute approximate surface area is 188 Å². The molecule has 0 unspecified atom stereocenters. The molecule has 8 heteroatoms. The van der Waals surface area contributed by atoms with Gasteiger partial charge in [0, 0.05) is 32.7 Å². The number of fused-ring (bicyclic) bond motifs is 1. The molecule has 0 aliphatic rings. The normalized spacial score (nSPS) is 10.9. The van der Waals surface area contributed by atoms with Gasteiger partial charge in [0.05, 0.1) is 24.7 Å². The number of thioether (sulfide) groups is 1. The molecule has 0 aliphatic heterocycles. The van der Waals surface area contributed by atoms with Crippen molar-refractivity contribution in [2.24, 2.45) is 0 Å². The molecule has 0 saturated heterocycles. The van der Waals surface area contributed by atoms with Gasteiger partial charge in [-0.15, -0.1) is 11.8 Å². The Kier molecular flexibility index (Phi) is 6.31. The average molecular weight is 451 g/mol. The van der Waals surface area contributed by atoms with Crippen molar-refractivity contribution in [2.75, 3.05) is 5.32 Å². The number of furan rings is 1. The third-order valence-electron chi connectivity index (χ3n) is 4.68. The molecule has 4 aromatic rings. The van der Waals surface area contributed by atoms with Crippen molar-refractivity contribution in [1.82, 2.24) is 9.78 Å². The van der Waals surface area contributed by atoms with Gasteiger partial charge in [0.25, 0.3) is 5.91 Å². The second-order valence-electron chi connectivity index (χ2n) is 6.90. The molecule has 0 aliphatic carbocycles. The number of halogens is 1. The van der Waals surface area contributed by atoms with Crippen molar-refractivity contribution in [3.05, 3.63) is 76.6 Å². The van der Waals surface area contributed by atoms with Crippen LogP contribution < -0.4 is 5.32 Å². The lowest BCUT2D eigenvalue weighted by atomic mass is 10.1. The molecule has 0 atom stereocenters. The number of benzene rings is 2. The molecular formula is C23H19ClN4O2S. The summed E-state index contributed by atoms with van der Waals surface area (Å²) >= 11 is 7.58. The lowest BCUT2D eigenvalue weighted by molar-refractivity contribution is 0.0996. The minimum atomic E-state index is -0.346. The minimum absolute atomic E-state index is 0.272. The van der Waals surface area contributed by atoms with Crippen LogP contribution in [0.5, 0.6) is 0 Å². The number of nitriles is 1. The van der Waals surface area contributed by atoms with Gasteiger partial charge in [-0.05, 0) is 37.3 Å². The largest absolute Gasteiger partial charge is 0.451 e. The number of rotatable bonds is 7. The van der Waals surface area contributed by atoms with Crippen LogP contribution in [0, 0.1) is 18.3 Å². The number of para-hydroxylation sites is 1. The number of aromatic nitrogens is 2. The summed E-state index contributed by atoms with van der Waals surface area (Å²) < 4.78 is 7.57. The van der Waals surface area contributed by atoms with Crippen LogP contribution in [-0.4, -0.2) is 15.7 Å². The van der Waals surface area contributed by atoms with Gasteiger partial charge < -0.3 is 9.73 Å². The van der Waals surface area contributed by atoms with Gasteiger partial charge in [0.2, 0.25) is 0 Å². The van der Waals surface area contributed by atoms with Crippen molar-refractivity contribution in [1.29, 1.82) is 5.26 Å². The Bertz CT molecular complexity index is 1270. The first-order chi connectivity index (χ1) is 15.0. The average Bonchev–Trinajstić information content (AvgIpc) is 3.31. The third kappa shape index (κ3) is 4.76. The van der Waals surface area contributed by atoms with Gasteiger partial charge >= 0.3 is 0 Å². The summed E-state index contributed by atoms with van der Waals surface area (Å²) in [6, 6.07) is 19.1. The predicted octanol–water partition coefficient (Wildman–Crippen LogP) is 6.05. The highest BCUT2D eigenvalue weighted by atomic mass is 35.5. The molecule has 31 heavy (non-hydrogen) atoms. The van der Waals surface area contributed by atoms with E-state index < -0.39 is 0 Å². The summed E-state index contributed by atoms with van der Waals surface area (Å²) in [7, 11) is 0. The maximum Gasteiger partial charge on any atom is 0.292 e. The topological polar surface area (TPSA) is 83.9 Å². The molecule has 0 spiro atoms. The molecule has 0 bridgehead atoms. The molecule has 2 aromatic carbocycles. The predicted molar refractivity (Wildman–Crippen MR) is 122 cm³/mol. The Hall–Kier alpha value is -3.21. The number of amides is 1. The summed E-state index contributed by atoms with van der Waals surface area (Å²) in [6.45, 7) is 2.24. The summed E-state index contributed by atoms with van der Waals surface area (Å²) in [5.74, 6) is 1.03. The Balaban J connectivity index is 1.62. The monoisotopic (exact) mass is 450 g/mol. The lowest BCUT2D eigenvalue weighted by Crippen LogP contribution is -2.16. The quantitative estimate of drug-likeness (QED) is 0.346. The Morgan fingerprint density at radius 2 is 2.03 bits per heavy atom. The van der Waals surface area contributed by atoms with E-state index in [4.69, 9.17) is 21.3 Å². The van der Waals surface area contributed by atoms with E-state index in [1.54, 1.807) is 22.5 Å². The summed E-state index contributed by atoms with van der Waals surface area (Å²) in [5, 5.41) is 17.7. The van der Waals surface area contributed by atoms with Gasteiger partial charge in [-0.3, -0.25) is 4.79 Å². The highest BCUT2D eigenvalue weighted by Crippen LogP contribution is 2.33. The van der Waals surface area contributed by atoms with Crippen molar-refractivity contribution in [3.8, 4) is 6.07 Å². The molecule has 0 saturated carbocycles. The number of nitrogens with zero attached hydrogens (tertiary/aromatic N) is 3. The third-order valence-corrected chi connectivity index (χ3v) is 5.97. The maximum absolute atomic E-state index is 13.2. The van der Waals surface area contributed by atoms with Gasteiger partial charge in [-0.2, -0.15) is 10.4 Å². The van der Waals surface area contributed by atoms with Crippen LogP contribution in [0.1, 0.15) is 28.2 Å². The molecule has 156 valence electrons. The van der Waals surface area contributed by atoms with E-state index in [1.165, 1.54) is 0 Å². The number of hydrogen-bond acceptors (Lipinski definition) is 5. The van der Waals surface area contributed by atoms with Crippen LogP contribution in [0.2, 0.25) is 5.02 Å². The standard InChI is InChI=1S/C23H19ClN4O2S/c1-15-13-21(28(27-15)12-4-11-25)26-23(29)22-19(18-5-2-3-6-20(18)30-22)14-31-17-9-7-16(24)8-10-17/h2-3,5-10,13H,4,12,14H2,1H3,(H,26,29). The number of carbonyl (C=O) groups excluding carboxylic acids is 1. The molecule has 1 N–H and O–H groups in total. The summed E-state index contributed by atoms with van der Waals surface area (Å²) in [5.41, 5.74) is 2.25. The zero-order valence-electron chi connectivity index (χ0n) is 16.8. The van der Waals surface area contributed by atoms with Gasteiger partial charge in [0.1, 0.15) is 11.4 Å². The van der Waals surface area contributed by atoms with E-state index in [9.17, 15) is 4.79 Å². The zero-order chi connectivity index (χ0) is 21.8. The summed E-state index contributed by atoms with van der Waals surface area (Å²) in [4.78, 5) is 14.2. The first kappa shape index (κ1) is 21.0. The number of aryl methyl sites for hydroxylation is 2. The minimum Gasteiger partial charge on any atom is -0.451 e. The molecule has 2 heterocycles. The Morgan fingerprint density at radius 1 is 1.26 bits per heavy atom. The molecule has 2 aromatic heterocycles. The fraction of sp³-hybridized carbons (Fsp3) is 0.174. The highest BCUT2D eigenvalue weighted by molar-refractivity contribution is 7.98. The van der Waals surface area contributed by atoms with Crippen LogP contribution in [0.3, 0.4) is 0 Å². The van der Waals surface area contributed by atoms with Gasteiger partial charge in [-0.1, -0.05) is 29.8 Å². The van der Waals surface area contributed by atoms with E-state index in [-0.39, 0.29) is 11.7 Å². The van der Waals surface area contributed by atoms with E-state index in [0.717, 1.165) is 21.5 Å². The molecule has 6 nitrogen and oxygen atoms in total. The lowest BCUT2D eigenvalue weighted by Gasteiger charge is -2.08. The van der Waals surface area contributed by atoms with Crippen LogP contribution in [0.4, 0.5) is 5.82 Å². The van der Waals surface area contributed by atoms with Crippen molar-refractivity contribution >= 4 is 46.1 Å². The molecule has 0 fully saturated rings. The maximum atomic E-state index is 13.2. The molecule has 0 radical (unpaired) electrons. The fourth-order valence-corrected chi connectivity index (χ4v) is 4.31. The van der Waals surface area contributed by atoms with Crippen LogP contribution in [0.15, 0.2) is 63.9 Å². The number of carbonyl (C=O) groups is 1. The number of anilines is 1. The molecule has 1 amide bonds. The number of nitrogens with one attached hydrogen (secondary N) is 1. The SMILES string of the molecule is Cc1cc(NC(=O)c2oc3ccccc3c2CSc2ccc(Cl)cc2)n(CCC#N)n1. The first-order valence-electron chi connectivity index (χ1n) is 9.66. The smallest absolute Gasteiger partial charge is 0.292 e. The van der Waals surface area contributed by atoms with Crippen LogP contribution >= 0.6 is 23.4 Å². The molecule has 4 rings (SSSR count). The van der Waals surface area contributed by atoms with Gasteiger partial charge in [0.15, 0.2) is 5.76 Å². The molecular weight excluding hydrogens is 432 g/mol. The van der Waals surface area contributed by atoms with Crippen molar-refractivity contribution in [3.63, 3.8) is 0 Å². The van der Waals surface area contributed by atoms with E-state index in [2.05, 4.69) is 16.5 Å². The van der Waals surface area contributed by atoms with E-state index >= 15 is 0 Å². The van der Waals surface area contributed by atoms with E-state index in [1.807, 2.05) is 55.5 Å². The zero-order valence-corrected chi connectivity index (χ0v) is 18.3. The summed E-state index contributed by atoms with van der Waals surface area (Å²) in [6.07, 6.45) is 0.303. The highest BCUT2D eigenvalue weighted by Gasteiger charge is 2.22. The van der Waals surface area contributed by atoms with Crippen molar-refractivity contribution in [2.45, 2.75) is 30.5 Å². The Morgan fingerprint density at radius 3 is 2.81 bits per heavy atom. The first-order valence-corrected chi connectivity index (χ1v) is 11.0.